The van der Waals surface area contributed by atoms with E-state index in [4.69, 9.17) is 18.9 Å². The average molecular weight is 557 g/mol. The fraction of sp³-hybridized carbons (Fsp3) is 0.179. The Hall–Kier alpha value is -4.22. The predicted molar refractivity (Wildman–Crippen MR) is 152 cm³/mol. The highest BCUT2D eigenvalue weighted by molar-refractivity contribution is 7.98. The molecule has 6 aromatic rings. The van der Waals surface area contributed by atoms with E-state index in [9.17, 15) is 0 Å². The minimum absolute atomic E-state index is 0.433. The smallest absolute Gasteiger partial charge is 0.248 e. The number of fused-ring (bicyclic) bond motifs is 1. The largest absolute Gasteiger partial charge is 0.493 e. The molecule has 0 radical (unpaired) electrons. The summed E-state index contributed by atoms with van der Waals surface area (Å²) in [5.41, 5.74) is 3.28. The van der Waals surface area contributed by atoms with Crippen LogP contribution in [0.15, 0.2) is 75.6 Å². The Labute approximate surface area is 232 Å². The van der Waals surface area contributed by atoms with Gasteiger partial charge in [-0.05, 0) is 48.7 Å². The van der Waals surface area contributed by atoms with Gasteiger partial charge >= 0.3 is 0 Å². The molecule has 4 aromatic heterocycles. The summed E-state index contributed by atoms with van der Waals surface area (Å²) < 4.78 is 19.1. The molecule has 0 aliphatic carbocycles. The van der Waals surface area contributed by atoms with Crippen molar-refractivity contribution in [2.45, 2.75) is 24.4 Å². The van der Waals surface area contributed by atoms with Crippen LogP contribution in [0.3, 0.4) is 0 Å². The predicted octanol–water partition coefficient (Wildman–Crippen LogP) is 6.60. The van der Waals surface area contributed by atoms with Gasteiger partial charge in [0.15, 0.2) is 22.5 Å². The molecule has 9 nitrogen and oxygen atoms in total. The first-order valence-corrected chi connectivity index (χ1v) is 14.1. The van der Waals surface area contributed by atoms with E-state index in [1.165, 1.54) is 11.8 Å². The van der Waals surface area contributed by atoms with Crippen LogP contribution in [0.2, 0.25) is 0 Å². The van der Waals surface area contributed by atoms with Gasteiger partial charge in [-0.3, -0.25) is 0 Å². The molecule has 0 bridgehead atoms. The number of methoxy groups -OCH3 is 2. The molecule has 4 heterocycles. The molecule has 0 saturated carbocycles. The monoisotopic (exact) mass is 556 g/mol. The summed E-state index contributed by atoms with van der Waals surface area (Å²) in [6.45, 7) is 2.85. The zero-order valence-corrected chi connectivity index (χ0v) is 23.1. The molecule has 0 spiro atoms. The average Bonchev–Trinajstić information content (AvgIpc) is 3.76. The van der Waals surface area contributed by atoms with Crippen LogP contribution in [0, 0.1) is 0 Å². The number of thioether (sulfide) groups is 1. The first-order valence-electron chi connectivity index (χ1n) is 12.2. The molecule has 0 aliphatic rings. The fourth-order valence-electron chi connectivity index (χ4n) is 4.31. The van der Waals surface area contributed by atoms with Gasteiger partial charge in [0.2, 0.25) is 11.8 Å². The van der Waals surface area contributed by atoms with E-state index in [-0.39, 0.29) is 0 Å². The Kier molecular flexibility index (Phi) is 6.99. The van der Waals surface area contributed by atoms with E-state index in [1.54, 1.807) is 25.6 Å². The molecule has 39 heavy (non-hydrogen) atoms. The van der Waals surface area contributed by atoms with Gasteiger partial charge in [-0.2, -0.15) is 0 Å². The molecule has 6 rings (SSSR count). The number of benzene rings is 2. The number of thiophene rings is 1. The Morgan fingerprint density at radius 1 is 0.923 bits per heavy atom. The van der Waals surface area contributed by atoms with Crippen LogP contribution in [0.5, 0.6) is 11.5 Å². The molecule has 0 atom stereocenters. The highest BCUT2D eigenvalue weighted by Gasteiger charge is 2.18. The van der Waals surface area contributed by atoms with Crippen molar-refractivity contribution in [3.63, 3.8) is 0 Å². The van der Waals surface area contributed by atoms with Crippen molar-refractivity contribution < 1.29 is 13.9 Å². The molecular formula is C28H24N6O3S2. The lowest BCUT2D eigenvalue weighted by atomic mass is 10.0. The van der Waals surface area contributed by atoms with Crippen molar-refractivity contribution in [2.24, 2.45) is 0 Å². The number of pyridine rings is 1. The van der Waals surface area contributed by atoms with Crippen LogP contribution < -0.4 is 9.47 Å². The molecule has 0 amide bonds. The number of aromatic nitrogens is 6. The lowest BCUT2D eigenvalue weighted by Gasteiger charge is -2.11. The van der Waals surface area contributed by atoms with E-state index in [0.717, 1.165) is 50.1 Å². The highest BCUT2D eigenvalue weighted by atomic mass is 32.2. The minimum atomic E-state index is 0.433. The van der Waals surface area contributed by atoms with Gasteiger partial charge < -0.3 is 18.5 Å². The van der Waals surface area contributed by atoms with Crippen molar-refractivity contribution in [2.75, 3.05) is 14.2 Å². The summed E-state index contributed by atoms with van der Waals surface area (Å²) in [6.07, 6.45) is 0. The number of ether oxygens (including phenoxy) is 2. The number of hydrogen-bond acceptors (Lipinski definition) is 10. The number of rotatable bonds is 9. The van der Waals surface area contributed by atoms with Crippen LogP contribution in [0.25, 0.3) is 44.3 Å². The first-order chi connectivity index (χ1) is 19.2. The highest BCUT2D eigenvalue weighted by Crippen LogP contribution is 2.36. The van der Waals surface area contributed by atoms with Gasteiger partial charge in [0.05, 0.1) is 41.6 Å². The third-order valence-electron chi connectivity index (χ3n) is 6.19. The third-order valence-corrected chi connectivity index (χ3v) is 8.01. The Morgan fingerprint density at radius 3 is 2.59 bits per heavy atom. The van der Waals surface area contributed by atoms with Gasteiger partial charge in [-0.15, -0.1) is 31.7 Å². The normalized spacial score (nSPS) is 11.3. The zero-order chi connectivity index (χ0) is 26.8. The molecule has 2 aromatic carbocycles. The first kappa shape index (κ1) is 25.1. The molecular weight excluding hydrogens is 532 g/mol. The summed E-state index contributed by atoms with van der Waals surface area (Å²) in [7, 11) is 3.23. The van der Waals surface area contributed by atoms with E-state index in [1.807, 2.05) is 60.0 Å². The fourth-order valence-corrected chi connectivity index (χ4v) is 5.87. The summed E-state index contributed by atoms with van der Waals surface area (Å²) in [5, 5.41) is 21.3. The quantitative estimate of drug-likeness (QED) is 0.182. The molecule has 0 aliphatic heterocycles. The topological polar surface area (TPSA) is 101 Å². The number of hydrogen-bond donors (Lipinski definition) is 0. The molecule has 0 unspecified atom stereocenters. The Bertz CT molecular complexity index is 1750. The molecule has 196 valence electrons. The van der Waals surface area contributed by atoms with Gasteiger partial charge in [0, 0.05) is 17.5 Å². The lowest BCUT2D eigenvalue weighted by Crippen LogP contribution is -1.99. The van der Waals surface area contributed by atoms with Crippen LogP contribution in [-0.2, 0) is 12.3 Å². The third kappa shape index (κ3) is 4.86. The van der Waals surface area contributed by atoms with Crippen molar-refractivity contribution in [1.82, 2.24) is 29.9 Å². The van der Waals surface area contributed by atoms with Crippen LogP contribution in [0.1, 0.15) is 12.8 Å². The van der Waals surface area contributed by atoms with Crippen molar-refractivity contribution in [1.29, 1.82) is 0 Å². The van der Waals surface area contributed by atoms with Gasteiger partial charge in [0.1, 0.15) is 0 Å². The van der Waals surface area contributed by atoms with Crippen molar-refractivity contribution >= 4 is 34.0 Å². The summed E-state index contributed by atoms with van der Waals surface area (Å²) in [6, 6.07) is 19.7. The SMILES string of the molecule is CCn1c(SCc2nnc(-c3cc(-c4ccc(OC)c(OC)c4)nc4ccccc34)o2)nnc1-c1cccs1. The van der Waals surface area contributed by atoms with E-state index >= 15 is 0 Å². The molecule has 0 fully saturated rings. The van der Waals surface area contributed by atoms with Crippen molar-refractivity contribution in [3.8, 4) is 44.9 Å². The van der Waals surface area contributed by atoms with Crippen LogP contribution >= 0.6 is 23.1 Å². The summed E-state index contributed by atoms with van der Waals surface area (Å²) >= 11 is 3.17. The van der Waals surface area contributed by atoms with Crippen LogP contribution in [-0.4, -0.2) is 44.2 Å². The lowest BCUT2D eigenvalue weighted by molar-refractivity contribution is 0.355. The maximum absolute atomic E-state index is 6.15. The van der Waals surface area contributed by atoms with Gasteiger partial charge in [-0.1, -0.05) is 36.0 Å². The molecule has 0 N–H and O–H groups in total. The number of nitrogens with zero attached hydrogens (tertiary/aromatic N) is 6. The van der Waals surface area contributed by atoms with E-state index in [2.05, 4.69) is 38.0 Å². The van der Waals surface area contributed by atoms with E-state index in [0.29, 0.717) is 29.0 Å². The van der Waals surface area contributed by atoms with Crippen LogP contribution in [0.4, 0.5) is 0 Å². The maximum atomic E-state index is 6.15. The molecule has 0 saturated heterocycles. The standard InChI is InChI=1S/C28H24N6O3S2/c1-4-34-26(24-10-7-13-38-24)31-33-28(34)39-16-25-30-32-27(37-25)19-15-21(29-20-9-6-5-8-18(19)20)17-11-12-22(35-2)23(14-17)36-3/h5-15H,4,16H2,1-3H3. The maximum Gasteiger partial charge on any atom is 0.248 e. The van der Waals surface area contributed by atoms with E-state index < -0.39 is 0 Å². The minimum Gasteiger partial charge on any atom is -0.493 e. The second-order valence-corrected chi connectivity index (χ2v) is 10.3. The second kappa shape index (κ2) is 10.9. The second-order valence-electron chi connectivity index (χ2n) is 8.46. The summed E-state index contributed by atoms with van der Waals surface area (Å²) in [4.78, 5) is 5.97. The number of para-hydroxylation sites is 1. The zero-order valence-electron chi connectivity index (χ0n) is 21.5. The molecule has 11 heteroatoms. The van der Waals surface area contributed by atoms with Crippen molar-refractivity contribution in [3.05, 3.63) is 71.9 Å². The van der Waals surface area contributed by atoms with Gasteiger partial charge in [0.25, 0.3) is 0 Å². The Balaban J connectivity index is 1.31. The Morgan fingerprint density at radius 2 is 1.79 bits per heavy atom. The summed E-state index contributed by atoms with van der Waals surface area (Å²) in [5.74, 6) is 3.57. The van der Waals surface area contributed by atoms with Gasteiger partial charge in [-0.25, -0.2) is 4.98 Å².